The van der Waals surface area contributed by atoms with Crippen molar-refractivity contribution in [2.45, 2.75) is 13.8 Å². The molecule has 0 saturated heterocycles. The van der Waals surface area contributed by atoms with Gasteiger partial charge in [-0.2, -0.15) is 0 Å². The van der Waals surface area contributed by atoms with Gasteiger partial charge in [-0.1, -0.05) is 0 Å². The van der Waals surface area contributed by atoms with E-state index < -0.39 is 0 Å². The molecule has 0 bridgehead atoms. The van der Waals surface area contributed by atoms with Gasteiger partial charge in [0.05, 0.1) is 0 Å². The molecule has 0 saturated carbocycles. The second-order valence-electron chi connectivity index (χ2n) is 3.08. The van der Waals surface area contributed by atoms with Gasteiger partial charge in [0.1, 0.15) is 5.82 Å². The average molecular weight is 173 g/mol. The highest BCUT2D eigenvalue weighted by atomic mass is 14.9. The molecular formula is C10H11N3. The summed E-state index contributed by atoms with van der Waals surface area (Å²) >= 11 is 0. The third-order valence-corrected chi connectivity index (χ3v) is 1.98. The number of H-pyrrole nitrogens is 1. The van der Waals surface area contributed by atoms with E-state index in [1.807, 2.05) is 26.2 Å². The van der Waals surface area contributed by atoms with E-state index in [2.05, 4.69) is 21.0 Å². The molecule has 0 atom stereocenters. The molecule has 3 nitrogen and oxygen atoms in total. The monoisotopic (exact) mass is 173 g/mol. The number of hydrogen-bond acceptors (Lipinski definition) is 2. The second kappa shape index (κ2) is 3.01. The van der Waals surface area contributed by atoms with Gasteiger partial charge in [-0.05, 0) is 25.5 Å². The van der Waals surface area contributed by atoms with Gasteiger partial charge in [-0.25, -0.2) is 4.98 Å². The summed E-state index contributed by atoms with van der Waals surface area (Å²) in [5.74, 6) is 0.883. The molecule has 0 aromatic carbocycles. The fraction of sp³-hybridized carbons (Fsp3) is 0.200. The van der Waals surface area contributed by atoms with Crippen molar-refractivity contribution in [3.8, 4) is 11.4 Å². The van der Waals surface area contributed by atoms with Gasteiger partial charge >= 0.3 is 0 Å². The minimum absolute atomic E-state index is 0.883. The highest BCUT2D eigenvalue weighted by Gasteiger charge is 2.04. The highest BCUT2D eigenvalue weighted by molar-refractivity contribution is 5.58. The number of nitrogens with zero attached hydrogens (tertiary/aromatic N) is 2. The van der Waals surface area contributed by atoms with Gasteiger partial charge in [0.2, 0.25) is 0 Å². The Morgan fingerprint density at radius 1 is 1.23 bits per heavy atom. The van der Waals surface area contributed by atoms with Crippen LogP contribution in [0.2, 0.25) is 0 Å². The van der Waals surface area contributed by atoms with Crippen molar-refractivity contribution >= 4 is 0 Å². The molecule has 2 heterocycles. The molecule has 0 aliphatic carbocycles. The van der Waals surface area contributed by atoms with Crippen molar-refractivity contribution in [2.24, 2.45) is 0 Å². The predicted octanol–water partition coefficient (Wildman–Crippen LogP) is 2.09. The smallest absolute Gasteiger partial charge is 0.139 e. The van der Waals surface area contributed by atoms with Crippen LogP contribution in [0.1, 0.15) is 11.3 Å². The summed E-state index contributed by atoms with van der Waals surface area (Å²) in [7, 11) is 0. The Labute approximate surface area is 76.9 Å². The molecule has 0 amide bonds. The molecule has 0 radical (unpaired) electrons. The standard InChI is InChI=1S/C10H11N3/c1-7-5-9(8(2)13-6-7)10-11-3-4-12-10/h3-6H,1-2H3,(H,11,12). The van der Waals surface area contributed by atoms with Crippen molar-refractivity contribution in [3.63, 3.8) is 0 Å². The number of nitrogens with one attached hydrogen (secondary N) is 1. The first-order chi connectivity index (χ1) is 6.27. The fourth-order valence-electron chi connectivity index (χ4n) is 1.29. The van der Waals surface area contributed by atoms with Gasteiger partial charge in [0.15, 0.2) is 0 Å². The highest BCUT2D eigenvalue weighted by Crippen LogP contribution is 2.18. The quantitative estimate of drug-likeness (QED) is 0.717. The molecule has 0 aliphatic rings. The van der Waals surface area contributed by atoms with Crippen LogP contribution in [0.15, 0.2) is 24.7 Å². The van der Waals surface area contributed by atoms with E-state index >= 15 is 0 Å². The van der Waals surface area contributed by atoms with Crippen LogP contribution in [0.3, 0.4) is 0 Å². The van der Waals surface area contributed by atoms with E-state index in [1.54, 1.807) is 6.20 Å². The molecule has 1 N–H and O–H groups in total. The van der Waals surface area contributed by atoms with Crippen molar-refractivity contribution < 1.29 is 0 Å². The SMILES string of the molecule is Cc1cnc(C)c(-c2ncc[nH]2)c1. The van der Waals surface area contributed by atoms with Crippen LogP contribution in [0.25, 0.3) is 11.4 Å². The summed E-state index contributed by atoms with van der Waals surface area (Å²) in [6, 6.07) is 2.08. The van der Waals surface area contributed by atoms with Gasteiger partial charge in [0, 0.05) is 29.8 Å². The van der Waals surface area contributed by atoms with E-state index in [9.17, 15) is 0 Å². The first-order valence-corrected chi connectivity index (χ1v) is 4.20. The lowest BCUT2D eigenvalue weighted by atomic mass is 10.1. The van der Waals surface area contributed by atoms with Crippen LogP contribution in [-0.2, 0) is 0 Å². The van der Waals surface area contributed by atoms with Crippen molar-refractivity contribution in [3.05, 3.63) is 35.9 Å². The Kier molecular flexibility index (Phi) is 1.85. The van der Waals surface area contributed by atoms with Crippen LogP contribution in [0, 0.1) is 13.8 Å². The van der Waals surface area contributed by atoms with Crippen LogP contribution in [0.5, 0.6) is 0 Å². The van der Waals surface area contributed by atoms with Gasteiger partial charge in [-0.3, -0.25) is 4.98 Å². The van der Waals surface area contributed by atoms with E-state index in [1.165, 1.54) is 0 Å². The lowest BCUT2D eigenvalue weighted by molar-refractivity contribution is 1.15. The zero-order valence-corrected chi connectivity index (χ0v) is 7.70. The maximum atomic E-state index is 4.27. The van der Waals surface area contributed by atoms with Gasteiger partial charge in [0.25, 0.3) is 0 Å². The topological polar surface area (TPSA) is 41.6 Å². The molecule has 0 unspecified atom stereocenters. The van der Waals surface area contributed by atoms with Gasteiger partial charge in [-0.15, -0.1) is 0 Å². The lowest BCUT2D eigenvalue weighted by Gasteiger charge is -2.02. The molecule has 13 heavy (non-hydrogen) atoms. The third-order valence-electron chi connectivity index (χ3n) is 1.98. The van der Waals surface area contributed by atoms with E-state index in [0.29, 0.717) is 0 Å². The Hall–Kier alpha value is -1.64. The molecule has 66 valence electrons. The number of aromatic amines is 1. The summed E-state index contributed by atoms with van der Waals surface area (Å²) in [6.07, 6.45) is 5.43. The molecule has 0 spiro atoms. The minimum atomic E-state index is 0.883. The molecule has 2 rings (SSSR count). The number of aryl methyl sites for hydroxylation is 2. The zero-order valence-electron chi connectivity index (χ0n) is 7.70. The van der Waals surface area contributed by atoms with Crippen molar-refractivity contribution in [1.82, 2.24) is 15.0 Å². The number of pyridine rings is 1. The lowest BCUT2D eigenvalue weighted by Crippen LogP contribution is -1.90. The maximum Gasteiger partial charge on any atom is 0.139 e. The zero-order chi connectivity index (χ0) is 9.26. The van der Waals surface area contributed by atoms with Crippen LogP contribution < -0.4 is 0 Å². The molecule has 2 aromatic rings. The minimum Gasteiger partial charge on any atom is -0.345 e. The Morgan fingerprint density at radius 2 is 2.08 bits per heavy atom. The molecule has 0 aliphatic heterocycles. The summed E-state index contributed by atoms with van der Waals surface area (Å²) in [6.45, 7) is 4.01. The first-order valence-electron chi connectivity index (χ1n) is 4.20. The van der Waals surface area contributed by atoms with Gasteiger partial charge < -0.3 is 4.98 Å². The molecule has 3 heteroatoms. The summed E-state index contributed by atoms with van der Waals surface area (Å²) in [5.41, 5.74) is 3.22. The molecular weight excluding hydrogens is 162 g/mol. The maximum absolute atomic E-state index is 4.27. The Morgan fingerprint density at radius 3 is 2.77 bits per heavy atom. The predicted molar refractivity (Wildman–Crippen MR) is 51.3 cm³/mol. The first kappa shape index (κ1) is 7.98. The van der Waals surface area contributed by atoms with Crippen molar-refractivity contribution in [1.29, 1.82) is 0 Å². The van der Waals surface area contributed by atoms with Crippen molar-refractivity contribution in [2.75, 3.05) is 0 Å². The van der Waals surface area contributed by atoms with Crippen LogP contribution >= 0.6 is 0 Å². The van der Waals surface area contributed by atoms with E-state index in [0.717, 1.165) is 22.6 Å². The third kappa shape index (κ3) is 1.45. The summed E-state index contributed by atoms with van der Waals surface area (Å²) < 4.78 is 0. The largest absolute Gasteiger partial charge is 0.345 e. The molecule has 2 aromatic heterocycles. The molecule has 0 fully saturated rings. The Balaban J connectivity index is 2.57. The Bertz CT molecular complexity index is 404. The summed E-state index contributed by atoms with van der Waals surface area (Å²) in [5, 5.41) is 0. The van der Waals surface area contributed by atoms with Crippen LogP contribution in [0.4, 0.5) is 0 Å². The normalized spacial score (nSPS) is 10.3. The number of imidazole rings is 1. The average Bonchev–Trinajstić information content (AvgIpc) is 2.61. The van der Waals surface area contributed by atoms with E-state index in [4.69, 9.17) is 0 Å². The number of rotatable bonds is 1. The second-order valence-corrected chi connectivity index (χ2v) is 3.08. The number of aromatic nitrogens is 3. The fourth-order valence-corrected chi connectivity index (χ4v) is 1.29. The van der Waals surface area contributed by atoms with Crippen LogP contribution in [-0.4, -0.2) is 15.0 Å². The van der Waals surface area contributed by atoms with E-state index in [-0.39, 0.29) is 0 Å². The number of hydrogen-bond donors (Lipinski definition) is 1. The summed E-state index contributed by atoms with van der Waals surface area (Å²) in [4.78, 5) is 11.5.